The maximum atomic E-state index is 12.1. The molecule has 1 heterocycles. The molecule has 0 atom stereocenters. The lowest BCUT2D eigenvalue weighted by molar-refractivity contribution is 0.0600. The van der Waals surface area contributed by atoms with Crippen molar-refractivity contribution in [2.24, 2.45) is 5.10 Å². The Morgan fingerprint density at radius 2 is 1.81 bits per heavy atom. The van der Waals surface area contributed by atoms with E-state index in [4.69, 9.17) is 4.42 Å². The number of amides is 1. The third-order valence-corrected chi connectivity index (χ3v) is 4.39. The molecular weight excluding hydrogens is 412 g/mol. The average molecular weight is 427 g/mol. The predicted molar refractivity (Wildman–Crippen MR) is 105 cm³/mol. The van der Waals surface area contributed by atoms with E-state index in [1.54, 1.807) is 54.6 Å². The summed E-state index contributed by atoms with van der Waals surface area (Å²) in [5.74, 6) is 0.373. The van der Waals surface area contributed by atoms with E-state index in [1.165, 1.54) is 13.3 Å². The first kappa shape index (κ1) is 18.6. The van der Waals surface area contributed by atoms with Gasteiger partial charge < -0.3 is 9.15 Å². The maximum absolute atomic E-state index is 12.1. The molecule has 0 aliphatic rings. The first-order valence-corrected chi connectivity index (χ1v) is 8.74. The second-order valence-corrected chi connectivity index (χ2v) is 6.30. The highest BCUT2D eigenvalue weighted by Gasteiger charge is 2.09. The van der Waals surface area contributed by atoms with Crippen LogP contribution < -0.4 is 5.43 Å². The van der Waals surface area contributed by atoms with Gasteiger partial charge in [0.25, 0.3) is 5.91 Å². The normalized spacial score (nSPS) is 10.7. The molecule has 0 unspecified atom stereocenters. The molecule has 0 radical (unpaired) electrons. The number of methoxy groups -OCH3 is 1. The molecule has 3 rings (SSSR count). The molecule has 136 valence electrons. The Bertz CT molecular complexity index is 993. The Labute approximate surface area is 164 Å². The molecule has 27 heavy (non-hydrogen) atoms. The topological polar surface area (TPSA) is 80.9 Å². The number of carbonyl (C=O) groups is 2. The van der Waals surface area contributed by atoms with Gasteiger partial charge in [0.05, 0.1) is 24.5 Å². The molecule has 0 bridgehead atoms. The molecule has 1 N–H and O–H groups in total. The quantitative estimate of drug-likeness (QED) is 0.375. The number of nitrogens with one attached hydrogen (secondary N) is 1. The Balaban J connectivity index is 1.65. The Morgan fingerprint density at radius 3 is 2.52 bits per heavy atom. The minimum Gasteiger partial charge on any atom is -0.465 e. The SMILES string of the molecule is COC(=O)c1ccc(-c2ccc(/C=N\NC(=O)c3ccccc3Br)o2)cc1. The molecule has 0 saturated carbocycles. The van der Waals surface area contributed by atoms with Crippen LogP contribution in [0.5, 0.6) is 0 Å². The van der Waals surface area contributed by atoms with Crippen molar-refractivity contribution >= 4 is 34.0 Å². The molecule has 0 aliphatic heterocycles. The highest BCUT2D eigenvalue weighted by Crippen LogP contribution is 2.22. The summed E-state index contributed by atoms with van der Waals surface area (Å²) in [6.45, 7) is 0. The van der Waals surface area contributed by atoms with Crippen molar-refractivity contribution < 1.29 is 18.7 Å². The van der Waals surface area contributed by atoms with Gasteiger partial charge >= 0.3 is 5.97 Å². The number of hydrogen-bond acceptors (Lipinski definition) is 5. The fraction of sp³-hybridized carbons (Fsp3) is 0.0500. The van der Waals surface area contributed by atoms with E-state index >= 15 is 0 Å². The van der Waals surface area contributed by atoms with Crippen LogP contribution in [0.25, 0.3) is 11.3 Å². The fourth-order valence-electron chi connectivity index (χ4n) is 2.33. The van der Waals surface area contributed by atoms with Crippen LogP contribution in [0.3, 0.4) is 0 Å². The molecule has 0 spiro atoms. The Hall–Kier alpha value is -3.19. The number of hydrogen-bond donors (Lipinski definition) is 1. The third-order valence-electron chi connectivity index (χ3n) is 3.69. The molecule has 1 amide bonds. The van der Waals surface area contributed by atoms with Gasteiger partial charge in [-0.05, 0) is 52.3 Å². The molecule has 0 saturated heterocycles. The summed E-state index contributed by atoms with van der Waals surface area (Å²) in [6.07, 6.45) is 1.42. The van der Waals surface area contributed by atoms with E-state index in [2.05, 4.69) is 31.2 Å². The monoisotopic (exact) mass is 426 g/mol. The standard InChI is InChI=1S/C20H15BrN2O4/c1-26-20(25)14-8-6-13(7-9-14)18-11-10-15(27-18)12-22-23-19(24)16-4-2-3-5-17(16)21/h2-12H,1H3,(H,23,24)/b22-12-. The van der Waals surface area contributed by atoms with Gasteiger partial charge in [0, 0.05) is 10.0 Å². The van der Waals surface area contributed by atoms with Crippen LogP contribution in [0, 0.1) is 0 Å². The summed E-state index contributed by atoms with van der Waals surface area (Å²) < 4.78 is 11.0. The van der Waals surface area contributed by atoms with Crippen molar-refractivity contribution in [1.82, 2.24) is 5.43 Å². The summed E-state index contributed by atoms with van der Waals surface area (Å²) in [5.41, 5.74) is 4.21. The number of carbonyl (C=O) groups excluding carboxylic acids is 2. The minimum atomic E-state index is -0.394. The lowest BCUT2D eigenvalue weighted by atomic mass is 10.1. The predicted octanol–water partition coefficient (Wildman–Crippen LogP) is 4.26. The van der Waals surface area contributed by atoms with Gasteiger partial charge in [-0.3, -0.25) is 4.79 Å². The van der Waals surface area contributed by atoms with Gasteiger partial charge in [-0.15, -0.1) is 0 Å². The first-order chi connectivity index (χ1) is 13.1. The van der Waals surface area contributed by atoms with E-state index in [-0.39, 0.29) is 5.91 Å². The zero-order valence-electron chi connectivity index (χ0n) is 14.3. The van der Waals surface area contributed by atoms with Crippen LogP contribution in [0.15, 0.2) is 74.7 Å². The fourth-order valence-corrected chi connectivity index (χ4v) is 2.79. The second-order valence-electron chi connectivity index (χ2n) is 5.45. The van der Waals surface area contributed by atoms with E-state index in [0.717, 1.165) is 5.56 Å². The zero-order chi connectivity index (χ0) is 19.2. The number of ether oxygens (including phenoxy) is 1. The molecule has 0 fully saturated rings. The summed E-state index contributed by atoms with van der Waals surface area (Å²) in [4.78, 5) is 23.5. The lowest BCUT2D eigenvalue weighted by Crippen LogP contribution is -2.17. The zero-order valence-corrected chi connectivity index (χ0v) is 15.9. The summed E-state index contributed by atoms with van der Waals surface area (Å²) in [5, 5.41) is 3.91. The molecule has 1 aromatic heterocycles. The number of rotatable bonds is 5. The Kier molecular flexibility index (Phi) is 5.83. The third kappa shape index (κ3) is 4.51. The summed E-state index contributed by atoms with van der Waals surface area (Å²) in [6, 6.07) is 17.4. The number of furan rings is 1. The summed E-state index contributed by atoms with van der Waals surface area (Å²) >= 11 is 3.32. The molecule has 2 aromatic carbocycles. The molecule has 6 nitrogen and oxygen atoms in total. The van der Waals surface area contributed by atoms with Crippen LogP contribution >= 0.6 is 15.9 Å². The van der Waals surface area contributed by atoms with E-state index < -0.39 is 5.97 Å². The van der Waals surface area contributed by atoms with Crippen molar-refractivity contribution in [2.45, 2.75) is 0 Å². The maximum Gasteiger partial charge on any atom is 0.337 e. The highest BCUT2D eigenvalue weighted by atomic mass is 79.9. The summed E-state index contributed by atoms with van der Waals surface area (Å²) in [7, 11) is 1.34. The molecule has 0 aliphatic carbocycles. The van der Waals surface area contributed by atoms with Crippen LogP contribution in [0.4, 0.5) is 0 Å². The van der Waals surface area contributed by atoms with Crippen molar-refractivity contribution in [1.29, 1.82) is 0 Å². The second kappa shape index (κ2) is 8.46. The van der Waals surface area contributed by atoms with Gasteiger partial charge in [-0.2, -0.15) is 5.10 Å². The van der Waals surface area contributed by atoms with Crippen LogP contribution in [-0.2, 0) is 4.74 Å². The Morgan fingerprint density at radius 1 is 1.07 bits per heavy atom. The smallest absolute Gasteiger partial charge is 0.337 e. The lowest BCUT2D eigenvalue weighted by Gasteiger charge is -2.01. The van der Waals surface area contributed by atoms with Crippen molar-refractivity contribution in [2.75, 3.05) is 7.11 Å². The number of nitrogens with zero attached hydrogens (tertiary/aromatic N) is 1. The minimum absolute atomic E-state index is 0.330. The number of esters is 1. The van der Waals surface area contributed by atoms with E-state index in [0.29, 0.717) is 27.1 Å². The molecule has 3 aromatic rings. The largest absolute Gasteiger partial charge is 0.465 e. The van der Waals surface area contributed by atoms with Crippen molar-refractivity contribution in [3.63, 3.8) is 0 Å². The van der Waals surface area contributed by atoms with E-state index in [1.807, 2.05) is 6.07 Å². The molecular formula is C20H15BrN2O4. The number of hydrazone groups is 1. The van der Waals surface area contributed by atoms with Crippen LogP contribution in [-0.4, -0.2) is 25.2 Å². The van der Waals surface area contributed by atoms with Gasteiger partial charge in [-0.25, -0.2) is 10.2 Å². The number of benzene rings is 2. The van der Waals surface area contributed by atoms with Crippen molar-refractivity contribution in [3.8, 4) is 11.3 Å². The van der Waals surface area contributed by atoms with E-state index in [9.17, 15) is 9.59 Å². The van der Waals surface area contributed by atoms with Gasteiger partial charge in [0.15, 0.2) is 0 Å². The van der Waals surface area contributed by atoms with Crippen LogP contribution in [0.1, 0.15) is 26.5 Å². The molecule has 7 heteroatoms. The van der Waals surface area contributed by atoms with Gasteiger partial charge in [-0.1, -0.05) is 24.3 Å². The van der Waals surface area contributed by atoms with Crippen molar-refractivity contribution in [3.05, 3.63) is 82.0 Å². The van der Waals surface area contributed by atoms with Gasteiger partial charge in [0.1, 0.15) is 11.5 Å². The average Bonchev–Trinajstić information content (AvgIpc) is 3.16. The number of halogens is 1. The highest BCUT2D eigenvalue weighted by molar-refractivity contribution is 9.10. The van der Waals surface area contributed by atoms with Gasteiger partial charge in [0.2, 0.25) is 0 Å². The first-order valence-electron chi connectivity index (χ1n) is 7.95. The van der Waals surface area contributed by atoms with Crippen LogP contribution in [0.2, 0.25) is 0 Å².